The number of anilines is 1. The molecule has 25 heavy (non-hydrogen) atoms. The second-order valence-corrected chi connectivity index (χ2v) is 7.61. The van der Waals surface area contributed by atoms with Crippen molar-refractivity contribution in [2.24, 2.45) is 29.4 Å². The van der Waals surface area contributed by atoms with E-state index in [9.17, 15) is 17.6 Å². The topological polar surface area (TPSA) is 38.0 Å². The van der Waals surface area contributed by atoms with Gasteiger partial charge in [-0.15, -0.1) is 0 Å². The summed E-state index contributed by atoms with van der Waals surface area (Å²) in [6, 6.07) is 3.11. The molecule has 0 radical (unpaired) electrons. The zero-order valence-electron chi connectivity index (χ0n) is 13.8. The van der Waals surface area contributed by atoms with Crippen LogP contribution in [0.1, 0.15) is 31.2 Å². The molecule has 2 bridgehead atoms. The number of nitrogens with two attached hydrogens (primary N) is 1. The van der Waals surface area contributed by atoms with E-state index in [4.69, 9.17) is 5.73 Å². The molecule has 0 heterocycles. The van der Waals surface area contributed by atoms with Gasteiger partial charge in [0.05, 0.1) is 5.56 Å². The van der Waals surface area contributed by atoms with Crippen molar-refractivity contribution in [2.75, 3.05) is 11.9 Å². The Morgan fingerprint density at radius 2 is 1.84 bits per heavy atom. The normalized spacial score (nSPS) is 33.2. The van der Waals surface area contributed by atoms with Crippen LogP contribution in [0.3, 0.4) is 0 Å². The van der Waals surface area contributed by atoms with E-state index in [-0.39, 0.29) is 17.6 Å². The van der Waals surface area contributed by atoms with Crippen molar-refractivity contribution in [1.29, 1.82) is 0 Å². The molecule has 0 saturated heterocycles. The molecule has 0 spiro atoms. The van der Waals surface area contributed by atoms with Gasteiger partial charge in [-0.1, -0.05) is 11.6 Å². The predicted molar refractivity (Wildman–Crippen MR) is 88.4 cm³/mol. The van der Waals surface area contributed by atoms with Crippen LogP contribution in [0.5, 0.6) is 0 Å². The van der Waals surface area contributed by atoms with Gasteiger partial charge in [-0.2, -0.15) is 13.2 Å². The van der Waals surface area contributed by atoms with Gasteiger partial charge in [0.15, 0.2) is 0 Å². The van der Waals surface area contributed by atoms with E-state index in [1.165, 1.54) is 24.5 Å². The van der Waals surface area contributed by atoms with Crippen LogP contribution in [0.15, 0.2) is 29.8 Å². The summed E-state index contributed by atoms with van der Waals surface area (Å²) in [5.41, 5.74) is 6.96. The Morgan fingerprint density at radius 1 is 1.12 bits per heavy atom. The highest BCUT2D eigenvalue weighted by atomic mass is 19.4. The lowest BCUT2D eigenvalue weighted by Gasteiger charge is -2.28. The fourth-order valence-electron chi connectivity index (χ4n) is 4.56. The van der Waals surface area contributed by atoms with Gasteiger partial charge in [-0.05, 0) is 67.6 Å². The number of halogens is 4. The summed E-state index contributed by atoms with van der Waals surface area (Å²) in [5, 5.41) is 3.06. The fourth-order valence-corrected chi connectivity index (χ4v) is 4.56. The van der Waals surface area contributed by atoms with Gasteiger partial charge >= 0.3 is 6.18 Å². The third-order valence-electron chi connectivity index (χ3n) is 5.98. The fraction of sp³-hybridized carbons (Fsp3) is 0.579. The first kappa shape index (κ1) is 16.9. The minimum absolute atomic E-state index is 0.0544. The summed E-state index contributed by atoms with van der Waals surface area (Å²) in [4.78, 5) is 0. The van der Waals surface area contributed by atoms with Crippen molar-refractivity contribution in [3.05, 3.63) is 41.2 Å². The summed E-state index contributed by atoms with van der Waals surface area (Å²) in [7, 11) is 0. The molecule has 1 aromatic carbocycles. The van der Waals surface area contributed by atoms with Crippen molar-refractivity contribution >= 4 is 5.69 Å². The van der Waals surface area contributed by atoms with E-state index in [0.717, 1.165) is 25.0 Å². The number of fused-ring (bicyclic) bond motifs is 2. The minimum atomic E-state index is -4.69. The summed E-state index contributed by atoms with van der Waals surface area (Å²) in [5.74, 6) is 0.558. The second-order valence-electron chi connectivity index (χ2n) is 7.61. The highest BCUT2D eigenvalue weighted by Crippen LogP contribution is 2.53. The zero-order valence-corrected chi connectivity index (χ0v) is 13.8. The van der Waals surface area contributed by atoms with E-state index in [0.29, 0.717) is 24.3 Å². The standard InChI is InChI=1S/C19H22F4N2/c20-17-6-3-11(8-16(17)19(21,22)23)25-9-15-12-4-5-13(18(15)24)14(12)7-10-1-2-10/h3,6-8,10,12-13,15,18,25H,1-2,4-5,9,24H2/b14-7-/t12-,13+,15-,18+/m0/s1. The largest absolute Gasteiger partial charge is 0.419 e. The smallest absolute Gasteiger partial charge is 0.385 e. The molecule has 3 saturated carbocycles. The maximum atomic E-state index is 13.4. The minimum Gasteiger partial charge on any atom is -0.385 e. The Hall–Kier alpha value is -1.56. The van der Waals surface area contributed by atoms with Crippen LogP contribution in [-0.4, -0.2) is 12.6 Å². The molecule has 0 amide bonds. The van der Waals surface area contributed by atoms with E-state index in [1.807, 2.05) is 0 Å². The van der Waals surface area contributed by atoms with Crippen molar-refractivity contribution in [1.82, 2.24) is 0 Å². The molecule has 3 N–H and O–H groups in total. The van der Waals surface area contributed by atoms with Gasteiger partial charge in [-0.3, -0.25) is 0 Å². The number of benzene rings is 1. The van der Waals surface area contributed by atoms with Gasteiger partial charge in [0, 0.05) is 18.3 Å². The third-order valence-corrected chi connectivity index (χ3v) is 5.98. The molecule has 1 aromatic rings. The highest BCUT2D eigenvalue weighted by molar-refractivity contribution is 5.47. The van der Waals surface area contributed by atoms with Gasteiger partial charge in [0.2, 0.25) is 0 Å². The van der Waals surface area contributed by atoms with Crippen LogP contribution in [0, 0.1) is 29.5 Å². The summed E-state index contributed by atoms with van der Waals surface area (Å²) < 4.78 is 51.9. The highest BCUT2D eigenvalue weighted by Gasteiger charge is 2.49. The number of nitrogens with one attached hydrogen (secondary N) is 1. The average Bonchev–Trinajstić information content (AvgIpc) is 3.22. The van der Waals surface area contributed by atoms with Crippen LogP contribution in [-0.2, 0) is 6.18 Å². The summed E-state index contributed by atoms with van der Waals surface area (Å²) in [6.07, 6.45) is 2.47. The number of hydrogen-bond acceptors (Lipinski definition) is 2. The first-order chi connectivity index (χ1) is 11.8. The maximum absolute atomic E-state index is 13.4. The first-order valence-corrected chi connectivity index (χ1v) is 8.92. The Morgan fingerprint density at radius 3 is 2.52 bits per heavy atom. The van der Waals surface area contributed by atoms with Gasteiger partial charge < -0.3 is 11.1 Å². The van der Waals surface area contributed by atoms with E-state index < -0.39 is 17.6 Å². The molecule has 0 unspecified atom stereocenters. The quantitative estimate of drug-likeness (QED) is 0.614. The van der Waals surface area contributed by atoms with Crippen LogP contribution in [0.25, 0.3) is 0 Å². The van der Waals surface area contributed by atoms with E-state index in [2.05, 4.69) is 11.4 Å². The SMILES string of the molecule is N[C@H]1[C@@H](CNc2ccc(F)c(C(F)(F)F)c2)[C@H]2CC[C@@H]1/C2=C\C1CC1. The Labute approximate surface area is 144 Å². The predicted octanol–water partition coefficient (Wildman–Crippen LogP) is 4.58. The molecule has 3 aliphatic carbocycles. The third kappa shape index (κ3) is 3.16. The summed E-state index contributed by atoms with van der Waals surface area (Å²) in [6.45, 7) is 0.521. The molecule has 3 aliphatic rings. The molecular formula is C19H22F4N2. The average molecular weight is 354 g/mol. The first-order valence-electron chi connectivity index (χ1n) is 8.92. The molecule has 2 nitrogen and oxygen atoms in total. The number of allylic oxidation sites excluding steroid dienone is 1. The molecule has 6 heteroatoms. The molecule has 4 atom stereocenters. The molecule has 0 aromatic heterocycles. The number of hydrogen-bond donors (Lipinski definition) is 2. The van der Waals surface area contributed by atoms with Crippen molar-refractivity contribution in [3.8, 4) is 0 Å². The summed E-state index contributed by atoms with van der Waals surface area (Å²) >= 11 is 0. The lowest BCUT2D eigenvalue weighted by Crippen LogP contribution is -2.39. The zero-order chi connectivity index (χ0) is 17.8. The van der Waals surface area contributed by atoms with Gasteiger partial charge in [0.1, 0.15) is 5.82 Å². The van der Waals surface area contributed by atoms with E-state index >= 15 is 0 Å². The monoisotopic (exact) mass is 354 g/mol. The maximum Gasteiger partial charge on any atom is 0.419 e. The second kappa shape index (κ2) is 6.01. The molecule has 4 rings (SSSR count). The number of alkyl halides is 3. The Kier molecular flexibility index (Phi) is 4.06. The van der Waals surface area contributed by atoms with Gasteiger partial charge in [0.25, 0.3) is 0 Å². The number of rotatable bonds is 4. The Balaban J connectivity index is 1.47. The Bertz CT molecular complexity index is 693. The van der Waals surface area contributed by atoms with Crippen molar-refractivity contribution in [3.63, 3.8) is 0 Å². The van der Waals surface area contributed by atoms with Crippen LogP contribution in [0.4, 0.5) is 23.2 Å². The lowest BCUT2D eigenvalue weighted by molar-refractivity contribution is -0.139. The molecule has 3 fully saturated rings. The lowest BCUT2D eigenvalue weighted by atomic mass is 9.85. The molecule has 136 valence electrons. The van der Waals surface area contributed by atoms with Gasteiger partial charge in [-0.25, -0.2) is 4.39 Å². The molecular weight excluding hydrogens is 332 g/mol. The molecule has 0 aliphatic heterocycles. The van der Waals surface area contributed by atoms with Crippen molar-refractivity contribution < 1.29 is 17.6 Å². The van der Waals surface area contributed by atoms with Crippen LogP contribution in [0.2, 0.25) is 0 Å². The van der Waals surface area contributed by atoms with E-state index in [1.54, 1.807) is 0 Å². The van der Waals surface area contributed by atoms with Crippen LogP contribution < -0.4 is 11.1 Å². The van der Waals surface area contributed by atoms with Crippen molar-refractivity contribution in [2.45, 2.75) is 37.9 Å². The van der Waals surface area contributed by atoms with Crippen LogP contribution >= 0.6 is 0 Å².